The third-order valence-electron chi connectivity index (χ3n) is 2.02. The number of carbonyl (C=O) groups is 1. The second kappa shape index (κ2) is 4.04. The van der Waals surface area contributed by atoms with Crippen LogP contribution in [-0.2, 0) is 6.42 Å². The van der Waals surface area contributed by atoms with Crippen LogP contribution in [0.3, 0.4) is 0 Å². The van der Waals surface area contributed by atoms with Crippen LogP contribution in [0.4, 0.5) is 4.39 Å². The van der Waals surface area contributed by atoms with Crippen molar-refractivity contribution >= 4 is 5.78 Å². The van der Waals surface area contributed by atoms with E-state index < -0.39 is 5.82 Å². The van der Waals surface area contributed by atoms with Crippen LogP contribution in [0, 0.1) is 5.82 Å². The molecule has 0 aromatic carbocycles. The lowest BCUT2D eigenvalue weighted by atomic mass is 10.1. The lowest BCUT2D eigenvalue weighted by molar-refractivity contribution is 0.0988. The number of hydrogen-bond acceptors (Lipinski definition) is 3. The van der Waals surface area contributed by atoms with Gasteiger partial charge < -0.3 is 4.42 Å². The van der Waals surface area contributed by atoms with Crippen LogP contribution in [0.5, 0.6) is 0 Å². The van der Waals surface area contributed by atoms with E-state index in [-0.39, 0.29) is 17.8 Å². The molecular weight excluding hydrogens is 197 g/mol. The average Bonchev–Trinajstić information content (AvgIpc) is 2.71. The van der Waals surface area contributed by atoms with Gasteiger partial charge in [-0.3, -0.25) is 9.78 Å². The van der Waals surface area contributed by atoms with Gasteiger partial charge in [0, 0.05) is 12.6 Å². The van der Waals surface area contributed by atoms with Gasteiger partial charge in [-0.25, -0.2) is 4.39 Å². The molecule has 0 bridgehead atoms. The predicted molar refractivity (Wildman–Crippen MR) is 50.9 cm³/mol. The number of Topliss-reactive ketones (excluding diaryl/α,β-unsaturated/α-hetero) is 1. The van der Waals surface area contributed by atoms with E-state index in [1.807, 2.05) is 0 Å². The molecule has 0 saturated carbocycles. The van der Waals surface area contributed by atoms with Crippen LogP contribution >= 0.6 is 0 Å². The lowest BCUT2D eigenvalue weighted by Gasteiger charge is -1.99. The molecule has 0 N–H and O–H groups in total. The van der Waals surface area contributed by atoms with Crippen LogP contribution in [0.25, 0.3) is 0 Å². The number of nitrogens with zero attached hydrogens (tertiary/aromatic N) is 1. The van der Waals surface area contributed by atoms with Gasteiger partial charge in [0.25, 0.3) is 0 Å². The number of pyridine rings is 1. The van der Waals surface area contributed by atoms with Gasteiger partial charge in [0.1, 0.15) is 0 Å². The molecule has 0 fully saturated rings. The fourth-order valence-corrected chi connectivity index (χ4v) is 1.28. The first-order valence-electron chi connectivity index (χ1n) is 4.41. The minimum atomic E-state index is -0.592. The molecule has 0 aliphatic rings. The quantitative estimate of drug-likeness (QED) is 0.721. The molecule has 0 aliphatic heterocycles. The summed E-state index contributed by atoms with van der Waals surface area (Å²) in [6.45, 7) is 0. The zero-order chi connectivity index (χ0) is 10.7. The lowest BCUT2D eigenvalue weighted by Crippen LogP contribution is -2.05. The summed E-state index contributed by atoms with van der Waals surface area (Å²) in [5.41, 5.74) is 0.794. The molecular formula is C11H8FNO2. The van der Waals surface area contributed by atoms with E-state index >= 15 is 0 Å². The van der Waals surface area contributed by atoms with Crippen molar-refractivity contribution in [3.8, 4) is 0 Å². The fraction of sp³-hybridized carbons (Fsp3) is 0.0909. The van der Waals surface area contributed by atoms with E-state index in [0.717, 1.165) is 11.8 Å². The van der Waals surface area contributed by atoms with Crippen LogP contribution in [-0.4, -0.2) is 10.8 Å². The molecule has 15 heavy (non-hydrogen) atoms. The SMILES string of the molecule is O=C(Cc1ccoc1)c1ccncc1F. The summed E-state index contributed by atoms with van der Waals surface area (Å²) in [5, 5.41) is 0. The molecule has 0 saturated heterocycles. The van der Waals surface area contributed by atoms with E-state index in [1.165, 1.54) is 24.8 Å². The van der Waals surface area contributed by atoms with E-state index in [0.29, 0.717) is 0 Å². The number of aromatic nitrogens is 1. The summed E-state index contributed by atoms with van der Waals surface area (Å²) in [4.78, 5) is 15.2. The Balaban J connectivity index is 2.19. The van der Waals surface area contributed by atoms with Crippen molar-refractivity contribution < 1.29 is 13.6 Å². The Kier molecular flexibility index (Phi) is 2.58. The summed E-state index contributed by atoms with van der Waals surface area (Å²) >= 11 is 0. The molecule has 0 amide bonds. The smallest absolute Gasteiger partial charge is 0.170 e. The first-order chi connectivity index (χ1) is 7.27. The molecule has 0 radical (unpaired) electrons. The Hall–Kier alpha value is -1.97. The highest BCUT2D eigenvalue weighted by atomic mass is 19.1. The number of furan rings is 1. The van der Waals surface area contributed by atoms with Gasteiger partial charge in [-0.2, -0.15) is 0 Å². The summed E-state index contributed by atoms with van der Waals surface area (Å²) in [6.07, 6.45) is 5.51. The number of ketones is 1. The first kappa shape index (κ1) is 9.58. The van der Waals surface area contributed by atoms with E-state index in [4.69, 9.17) is 4.42 Å². The largest absolute Gasteiger partial charge is 0.472 e. The minimum absolute atomic E-state index is 0.0613. The van der Waals surface area contributed by atoms with Crippen molar-refractivity contribution in [2.45, 2.75) is 6.42 Å². The summed E-state index contributed by atoms with van der Waals surface area (Å²) in [7, 11) is 0. The van der Waals surface area contributed by atoms with E-state index in [9.17, 15) is 9.18 Å². The Morgan fingerprint density at radius 2 is 2.33 bits per heavy atom. The Bertz CT molecular complexity index is 465. The topological polar surface area (TPSA) is 43.1 Å². The summed E-state index contributed by atoms with van der Waals surface area (Å²) in [5.74, 6) is -0.873. The van der Waals surface area contributed by atoms with Gasteiger partial charge in [0.2, 0.25) is 0 Å². The van der Waals surface area contributed by atoms with Crippen LogP contribution in [0.15, 0.2) is 41.5 Å². The number of halogens is 1. The van der Waals surface area contributed by atoms with Gasteiger partial charge in [-0.15, -0.1) is 0 Å². The van der Waals surface area contributed by atoms with Crippen LogP contribution in [0.1, 0.15) is 15.9 Å². The maximum absolute atomic E-state index is 13.2. The normalized spacial score (nSPS) is 10.2. The molecule has 0 spiro atoms. The van der Waals surface area contributed by atoms with Crippen molar-refractivity contribution in [2.24, 2.45) is 0 Å². The van der Waals surface area contributed by atoms with Crippen LogP contribution < -0.4 is 0 Å². The van der Waals surface area contributed by atoms with Gasteiger partial charge in [0.15, 0.2) is 11.6 Å². The highest BCUT2D eigenvalue weighted by Gasteiger charge is 2.12. The summed E-state index contributed by atoms with van der Waals surface area (Å²) in [6, 6.07) is 3.05. The number of carbonyl (C=O) groups excluding carboxylic acids is 1. The molecule has 4 heteroatoms. The maximum atomic E-state index is 13.2. The Labute approximate surface area is 85.6 Å². The molecule has 0 atom stereocenters. The molecule has 2 heterocycles. The van der Waals surface area contributed by atoms with Gasteiger partial charge in [0.05, 0.1) is 24.3 Å². The first-order valence-corrected chi connectivity index (χ1v) is 4.41. The van der Waals surface area contributed by atoms with Gasteiger partial charge >= 0.3 is 0 Å². The molecule has 0 unspecified atom stereocenters. The van der Waals surface area contributed by atoms with Crippen molar-refractivity contribution in [1.29, 1.82) is 0 Å². The van der Waals surface area contributed by atoms with Crippen LogP contribution in [0.2, 0.25) is 0 Å². The Morgan fingerprint density at radius 1 is 1.47 bits per heavy atom. The fourth-order valence-electron chi connectivity index (χ4n) is 1.28. The third-order valence-corrected chi connectivity index (χ3v) is 2.02. The maximum Gasteiger partial charge on any atom is 0.170 e. The molecule has 2 aromatic heterocycles. The van der Waals surface area contributed by atoms with Crippen molar-refractivity contribution in [3.63, 3.8) is 0 Å². The predicted octanol–water partition coefficient (Wildman–Crippen LogP) is 2.24. The highest BCUT2D eigenvalue weighted by Crippen LogP contribution is 2.10. The van der Waals surface area contributed by atoms with E-state index in [2.05, 4.69) is 4.98 Å². The monoisotopic (exact) mass is 205 g/mol. The zero-order valence-electron chi connectivity index (χ0n) is 7.81. The van der Waals surface area contributed by atoms with Crippen molar-refractivity contribution in [1.82, 2.24) is 4.98 Å². The minimum Gasteiger partial charge on any atom is -0.472 e. The highest BCUT2D eigenvalue weighted by molar-refractivity contribution is 5.97. The van der Waals surface area contributed by atoms with Crippen molar-refractivity contribution in [2.75, 3.05) is 0 Å². The second-order valence-corrected chi connectivity index (χ2v) is 3.09. The third kappa shape index (κ3) is 2.10. The van der Waals surface area contributed by atoms with Gasteiger partial charge in [-0.05, 0) is 17.7 Å². The number of rotatable bonds is 3. The molecule has 2 rings (SSSR count). The molecule has 3 nitrogen and oxygen atoms in total. The molecule has 0 aliphatic carbocycles. The summed E-state index contributed by atoms with van der Waals surface area (Å²) < 4.78 is 18.0. The number of hydrogen-bond donors (Lipinski definition) is 0. The van der Waals surface area contributed by atoms with Crippen molar-refractivity contribution in [3.05, 3.63) is 54.0 Å². The molecule has 2 aromatic rings. The zero-order valence-corrected chi connectivity index (χ0v) is 7.81. The standard InChI is InChI=1S/C11H8FNO2/c12-10-6-13-3-1-9(10)11(14)5-8-2-4-15-7-8/h1-4,6-7H,5H2. The average molecular weight is 205 g/mol. The second-order valence-electron chi connectivity index (χ2n) is 3.09. The molecule has 76 valence electrons. The van der Waals surface area contributed by atoms with E-state index in [1.54, 1.807) is 6.07 Å². The Morgan fingerprint density at radius 3 is 3.00 bits per heavy atom. The van der Waals surface area contributed by atoms with Gasteiger partial charge in [-0.1, -0.05) is 0 Å².